The zero-order chi connectivity index (χ0) is 27.8. The molecule has 2 heterocycles. The number of nitrogens with one attached hydrogen (secondary N) is 2. The third-order valence-corrected chi connectivity index (χ3v) is 5.74. The second-order valence-corrected chi connectivity index (χ2v) is 8.35. The van der Waals surface area contributed by atoms with Gasteiger partial charge >= 0.3 is 0 Å². The lowest BCUT2D eigenvalue weighted by Crippen LogP contribution is -2.20. The van der Waals surface area contributed by atoms with E-state index in [0.717, 1.165) is 25.6 Å². The number of carbonyl (C=O) groups is 1. The Kier molecular flexibility index (Phi) is 8.73. The monoisotopic (exact) mass is 535 g/mol. The Hall–Kier alpha value is -4.92. The molecule has 12 heteroatoms. The van der Waals surface area contributed by atoms with E-state index in [-0.39, 0.29) is 12.2 Å². The van der Waals surface area contributed by atoms with E-state index in [4.69, 9.17) is 15.9 Å². The topological polar surface area (TPSA) is 106 Å². The molecule has 2 aromatic carbocycles. The van der Waals surface area contributed by atoms with Crippen LogP contribution in [0.25, 0.3) is 10.9 Å². The number of hydrogen-bond acceptors (Lipinski definition) is 8. The van der Waals surface area contributed by atoms with Crippen LogP contribution in [0.1, 0.15) is 13.3 Å². The number of halogens is 2. The number of rotatable bonds is 12. The molecule has 0 aliphatic carbocycles. The fourth-order valence-electron chi connectivity index (χ4n) is 3.78. The molecule has 1 amide bonds. The summed E-state index contributed by atoms with van der Waals surface area (Å²) in [6, 6.07) is 9.73. The van der Waals surface area contributed by atoms with Crippen LogP contribution in [0.2, 0.25) is 0 Å². The minimum absolute atomic E-state index is 0.214. The van der Waals surface area contributed by atoms with Crippen LogP contribution >= 0.6 is 0 Å². The van der Waals surface area contributed by atoms with E-state index in [2.05, 4.69) is 31.7 Å². The summed E-state index contributed by atoms with van der Waals surface area (Å²) in [4.78, 5) is 22.9. The lowest BCUT2D eigenvalue weighted by molar-refractivity contribution is -0.116. The number of benzene rings is 2. The van der Waals surface area contributed by atoms with Gasteiger partial charge in [-0.2, -0.15) is 5.10 Å². The normalized spacial score (nSPS) is 10.6. The molecule has 2 aromatic heterocycles. The first-order valence-corrected chi connectivity index (χ1v) is 12.1. The van der Waals surface area contributed by atoms with Gasteiger partial charge in [-0.1, -0.05) is 12.5 Å². The Bertz CT molecular complexity index is 1500. The summed E-state index contributed by atoms with van der Waals surface area (Å²) in [5, 5.41) is 10.3. The van der Waals surface area contributed by atoms with E-state index in [1.54, 1.807) is 25.4 Å². The van der Waals surface area contributed by atoms with E-state index < -0.39 is 17.5 Å². The highest BCUT2D eigenvalue weighted by Crippen LogP contribution is 2.34. The molecule has 4 rings (SSSR count). The molecular formula is C27H27F2N7O3. The summed E-state index contributed by atoms with van der Waals surface area (Å²) >= 11 is 0. The molecule has 0 aliphatic heterocycles. The average Bonchev–Trinajstić information content (AvgIpc) is 3.37. The van der Waals surface area contributed by atoms with Crippen LogP contribution in [0, 0.1) is 24.1 Å². The van der Waals surface area contributed by atoms with Gasteiger partial charge in [0.1, 0.15) is 18.7 Å². The van der Waals surface area contributed by atoms with Crippen molar-refractivity contribution < 1.29 is 23.0 Å². The van der Waals surface area contributed by atoms with Crippen LogP contribution in [0.15, 0.2) is 49.1 Å². The molecule has 0 aliphatic rings. The van der Waals surface area contributed by atoms with Crippen LogP contribution in [-0.2, 0) is 11.3 Å². The van der Waals surface area contributed by atoms with Crippen molar-refractivity contribution in [3.63, 3.8) is 0 Å². The Morgan fingerprint density at radius 2 is 2.08 bits per heavy atom. The third-order valence-electron chi connectivity index (χ3n) is 5.74. The Labute approximate surface area is 224 Å². The number of hydrogen-bond donors (Lipinski definition) is 2. The largest absolute Gasteiger partial charge is 0.493 e. The first-order chi connectivity index (χ1) is 18.9. The van der Waals surface area contributed by atoms with Gasteiger partial charge in [-0.3, -0.25) is 9.48 Å². The SMILES string of the molecule is C#CN(CC)CCCOc1cc2ncnc(Nc3cnn(CC(=O)Nc4cccc(F)c4F)c3)c2cc1OC. The standard InChI is InChI=1S/C27H27F2N7O3/c1-4-35(5-2)10-7-11-39-24-13-22-19(12-23(24)38-3)27(31-17-30-22)33-18-14-32-36(15-18)16-25(37)34-21-9-6-8-20(28)26(21)29/h1,6,8-9,12-15,17H,5,7,10-11,16H2,2-3H3,(H,34,37)(H,30,31,33). The molecule has 0 saturated heterocycles. The van der Waals surface area contributed by atoms with Gasteiger partial charge in [0.05, 0.1) is 36.8 Å². The Balaban J connectivity index is 1.43. The summed E-state index contributed by atoms with van der Waals surface area (Å²) in [6.45, 7) is 3.72. The van der Waals surface area contributed by atoms with Crippen LogP contribution in [0.5, 0.6) is 11.5 Å². The van der Waals surface area contributed by atoms with Crippen molar-refractivity contribution >= 4 is 34.0 Å². The summed E-state index contributed by atoms with van der Waals surface area (Å²) in [5.74, 6) is -1.19. The van der Waals surface area contributed by atoms with E-state index in [0.29, 0.717) is 40.5 Å². The second-order valence-electron chi connectivity index (χ2n) is 8.35. The second kappa shape index (κ2) is 12.6. The zero-order valence-corrected chi connectivity index (χ0v) is 21.4. The van der Waals surface area contributed by atoms with Crippen molar-refractivity contribution in [1.82, 2.24) is 24.6 Å². The number of aromatic nitrogens is 4. The van der Waals surface area contributed by atoms with Crippen molar-refractivity contribution in [2.75, 3.05) is 37.4 Å². The maximum atomic E-state index is 13.8. The lowest BCUT2D eigenvalue weighted by atomic mass is 10.2. The van der Waals surface area contributed by atoms with Crippen molar-refractivity contribution in [3.05, 3.63) is 60.7 Å². The third kappa shape index (κ3) is 6.70. The van der Waals surface area contributed by atoms with Gasteiger partial charge in [-0.15, -0.1) is 0 Å². The minimum Gasteiger partial charge on any atom is -0.493 e. The fourth-order valence-corrected chi connectivity index (χ4v) is 3.78. The number of nitrogens with zero attached hydrogens (tertiary/aromatic N) is 5. The maximum Gasteiger partial charge on any atom is 0.246 e. The maximum absolute atomic E-state index is 13.8. The molecule has 202 valence electrons. The number of anilines is 3. The lowest BCUT2D eigenvalue weighted by Gasteiger charge is -2.16. The molecule has 0 fully saturated rings. The summed E-state index contributed by atoms with van der Waals surface area (Å²) in [6.07, 6.45) is 10.7. The average molecular weight is 536 g/mol. The van der Waals surface area contributed by atoms with E-state index >= 15 is 0 Å². The summed E-state index contributed by atoms with van der Waals surface area (Å²) < 4.78 is 40.0. The highest BCUT2D eigenvalue weighted by molar-refractivity contribution is 5.93. The van der Waals surface area contributed by atoms with Gasteiger partial charge in [0.15, 0.2) is 23.1 Å². The molecule has 0 radical (unpaired) electrons. The number of amides is 1. The predicted octanol–water partition coefficient (Wildman–Crippen LogP) is 4.18. The fraction of sp³-hybridized carbons (Fsp3) is 0.259. The van der Waals surface area contributed by atoms with Crippen molar-refractivity contribution in [2.24, 2.45) is 0 Å². The molecular weight excluding hydrogens is 508 g/mol. The molecule has 0 saturated carbocycles. The molecule has 0 bridgehead atoms. The van der Waals surface area contributed by atoms with E-state index in [1.807, 2.05) is 11.8 Å². The van der Waals surface area contributed by atoms with Gasteiger partial charge in [0.2, 0.25) is 5.91 Å². The predicted molar refractivity (Wildman–Crippen MR) is 143 cm³/mol. The number of carbonyl (C=O) groups excluding carboxylic acids is 1. The molecule has 4 aromatic rings. The molecule has 39 heavy (non-hydrogen) atoms. The van der Waals surface area contributed by atoms with Crippen LogP contribution in [0.4, 0.5) is 26.0 Å². The van der Waals surface area contributed by atoms with Gasteiger partial charge < -0.3 is 25.0 Å². The number of methoxy groups -OCH3 is 1. The van der Waals surface area contributed by atoms with E-state index in [1.165, 1.54) is 29.3 Å². The number of ether oxygens (including phenoxy) is 2. The highest BCUT2D eigenvalue weighted by Gasteiger charge is 2.14. The van der Waals surface area contributed by atoms with Crippen LogP contribution < -0.4 is 20.1 Å². The summed E-state index contributed by atoms with van der Waals surface area (Å²) in [7, 11) is 1.55. The highest BCUT2D eigenvalue weighted by atomic mass is 19.2. The van der Waals surface area contributed by atoms with E-state index in [9.17, 15) is 13.6 Å². The molecule has 0 spiro atoms. The van der Waals surface area contributed by atoms with Crippen molar-refractivity contribution in [2.45, 2.75) is 19.9 Å². The van der Waals surface area contributed by atoms with Gasteiger partial charge in [-0.05, 0) is 31.5 Å². The summed E-state index contributed by atoms with van der Waals surface area (Å²) in [5.41, 5.74) is 0.935. The molecule has 10 nitrogen and oxygen atoms in total. The number of terminal acetylenes is 1. The smallest absolute Gasteiger partial charge is 0.246 e. The Morgan fingerprint density at radius 1 is 1.23 bits per heavy atom. The van der Waals surface area contributed by atoms with Gasteiger partial charge in [-0.25, -0.2) is 18.7 Å². The minimum atomic E-state index is -1.12. The molecule has 2 N–H and O–H groups in total. The molecule has 0 atom stereocenters. The quantitative estimate of drug-likeness (QED) is 0.158. The van der Waals surface area contributed by atoms with Gasteiger partial charge in [0, 0.05) is 36.8 Å². The first-order valence-electron chi connectivity index (χ1n) is 12.1. The van der Waals surface area contributed by atoms with Gasteiger partial charge in [0.25, 0.3) is 0 Å². The van der Waals surface area contributed by atoms with Crippen LogP contribution in [-0.4, -0.2) is 57.4 Å². The molecule has 0 unspecified atom stereocenters. The van der Waals surface area contributed by atoms with Crippen molar-refractivity contribution in [3.8, 4) is 24.0 Å². The number of fused-ring (bicyclic) bond motifs is 1. The van der Waals surface area contributed by atoms with Crippen LogP contribution in [0.3, 0.4) is 0 Å². The van der Waals surface area contributed by atoms with Crippen molar-refractivity contribution in [1.29, 1.82) is 0 Å². The first kappa shape index (κ1) is 27.1. The Morgan fingerprint density at radius 3 is 2.85 bits per heavy atom. The zero-order valence-electron chi connectivity index (χ0n) is 21.4.